The summed E-state index contributed by atoms with van der Waals surface area (Å²) in [5.74, 6) is -0.430. The van der Waals surface area contributed by atoms with Crippen molar-refractivity contribution in [2.24, 2.45) is 5.92 Å². The molecule has 0 radical (unpaired) electrons. The maximum Gasteiger partial charge on any atom is 0.309 e. The van der Waals surface area contributed by atoms with E-state index in [-0.39, 0.29) is 0 Å². The Morgan fingerprint density at radius 3 is 2.33 bits per heavy atom. The quantitative estimate of drug-likeness (QED) is 0.822. The second kappa shape index (κ2) is 8.03. The minimum absolute atomic E-state index is 0.325. The summed E-state index contributed by atoms with van der Waals surface area (Å²) >= 11 is 5.78. The van der Waals surface area contributed by atoms with Crippen LogP contribution < -0.4 is 10.6 Å². The van der Waals surface area contributed by atoms with Gasteiger partial charge in [0.1, 0.15) is 0 Å². The third-order valence-electron chi connectivity index (χ3n) is 3.89. The van der Waals surface area contributed by atoms with E-state index in [1.807, 2.05) is 12.1 Å². The van der Waals surface area contributed by atoms with Crippen molar-refractivity contribution in [3.63, 3.8) is 0 Å². The molecule has 0 aliphatic heterocycles. The zero-order chi connectivity index (χ0) is 15.1. The molecule has 2 N–H and O–H groups in total. The van der Waals surface area contributed by atoms with Crippen molar-refractivity contribution < 1.29 is 9.59 Å². The van der Waals surface area contributed by atoms with Gasteiger partial charge in [-0.05, 0) is 30.0 Å². The third kappa shape index (κ3) is 5.38. The molecule has 1 aromatic rings. The van der Waals surface area contributed by atoms with Crippen LogP contribution in [0.25, 0.3) is 0 Å². The first-order valence-corrected chi connectivity index (χ1v) is 7.83. The van der Waals surface area contributed by atoms with E-state index in [4.69, 9.17) is 11.6 Å². The smallest absolute Gasteiger partial charge is 0.309 e. The zero-order valence-electron chi connectivity index (χ0n) is 12.0. The summed E-state index contributed by atoms with van der Waals surface area (Å²) in [4.78, 5) is 23.3. The van der Waals surface area contributed by atoms with E-state index < -0.39 is 11.8 Å². The van der Waals surface area contributed by atoms with E-state index in [9.17, 15) is 9.59 Å². The monoisotopic (exact) mass is 308 g/mol. The van der Waals surface area contributed by atoms with Crippen LogP contribution in [0.15, 0.2) is 24.3 Å². The molecule has 1 aliphatic carbocycles. The van der Waals surface area contributed by atoms with Crippen molar-refractivity contribution in [1.82, 2.24) is 10.6 Å². The van der Waals surface area contributed by atoms with Crippen LogP contribution >= 0.6 is 11.6 Å². The molecule has 0 spiro atoms. The Morgan fingerprint density at radius 1 is 1.05 bits per heavy atom. The molecular weight excluding hydrogens is 288 g/mol. The van der Waals surface area contributed by atoms with Gasteiger partial charge in [0, 0.05) is 18.1 Å². The molecule has 0 atom stereocenters. The van der Waals surface area contributed by atoms with Gasteiger partial charge >= 0.3 is 11.8 Å². The fourth-order valence-electron chi connectivity index (χ4n) is 2.63. The Labute approximate surface area is 130 Å². The molecule has 0 unspecified atom stereocenters. The minimum Gasteiger partial charge on any atom is -0.348 e. The highest BCUT2D eigenvalue weighted by Gasteiger charge is 2.16. The topological polar surface area (TPSA) is 58.2 Å². The number of nitrogens with one attached hydrogen (secondary N) is 2. The van der Waals surface area contributed by atoms with Gasteiger partial charge in [-0.25, -0.2) is 0 Å². The van der Waals surface area contributed by atoms with Crippen LogP contribution in [0.5, 0.6) is 0 Å². The van der Waals surface area contributed by atoms with Gasteiger partial charge in [0.15, 0.2) is 0 Å². The molecule has 1 fully saturated rings. The van der Waals surface area contributed by atoms with E-state index in [0.29, 0.717) is 24.0 Å². The largest absolute Gasteiger partial charge is 0.348 e. The number of hydrogen-bond acceptors (Lipinski definition) is 2. The highest BCUT2D eigenvalue weighted by atomic mass is 35.5. The van der Waals surface area contributed by atoms with E-state index >= 15 is 0 Å². The van der Waals surface area contributed by atoms with Crippen molar-refractivity contribution in [2.45, 2.75) is 38.6 Å². The lowest BCUT2D eigenvalue weighted by Crippen LogP contribution is -2.40. The first-order valence-electron chi connectivity index (χ1n) is 7.45. The van der Waals surface area contributed by atoms with Crippen LogP contribution in [0.2, 0.25) is 5.02 Å². The Morgan fingerprint density at radius 2 is 1.67 bits per heavy atom. The Bertz CT molecular complexity index is 482. The molecule has 21 heavy (non-hydrogen) atoms. The highest BCUT2D eigenvalue weighted by molar-refractivity contribution is 6.35. The van der Waals surface area contributed by atoms with Crippen LogP contribution in [0.4, 0.5) is 0 Å². The van der Waals surface area contributed by atoms with E-state index in [2.05, 4.69) is 10.6 Å². The minimum atomic E-state index is -0.587. The van der Waals surface area contributed by atoms with E-state index in [0.717, 1.165) is 12.0 Å². The Kier molecular flexibility index (Phi) is 6.05. The zero-order valence-corrected chi connectivity index (χ0v) is 12.8. The van der Waals surface area contributed by atoms with Crippen LogP contribution in [-0.2, 0) is 16.1 Å². The molecule has 5 heteroatoms. The predicted molar refractivity (Wildman–Crippen MR) is 82.9 cm³/mol. The van der Waals surface area contributed by atoms with E-state index in [1.54, 1.807) is 12.1 Å². The van der Waals surface area contributed by atoms with Crippen molar-refractivity contribution in [3.8, 4) is 0 Å². The number of hydrogen-bond donors (Lipinski definition) is 2. The molecule has 114 valence electrons. The summed E-state index contributed by atoms with van der Waals surface area (Å²) in [6, 6.07) is 7.15. The lowest BCUT2D eigenvalue weighted by atomic mass is 10.0. The summed E-state index contributed by atoms with van der Waals surface area (Å²) < 4.78 is 0. The van der Waals surface area contributed by atoms with Crippen molar-refractivity contribution in [1.29, 1.82) is 0 Å². The molecule has 0 saturated heterocycles. The van der Waals surface area contributed by atoms with Gasteiger partial charge in [0.2, 0.25) is 0 Å². The first kappa shape index (κ1) is 15.8. The highest BCUT2D eigenvalue weighted by Crippen LogP contribution is 2.26. The Balaban J connectivity index is 1.64. The molecule has 2 amide bonds. The van der Waals surface area contributed by atoms with Gasteiger partial charge < -0.3 is 10.6 Å². The van der Waals surface area contributed by atoms with Gasteiger partial charge in [-0.2, -0.15) is 0 Å². The standard InChI is InChI=1S/C16H21ClN2O2/c17-14-7-5-13(6-8-14)11-19-16(21)15(20)18-10-9-12-3-1-2-4-12/h5-8,12H,1-4,9-11H2,(H,18,20)(H,19,21). The molecule has 0 bridgehead atoms. The number of rotatable bonds is 5. The van der Waals surface area contributed by atoms with Crippen LogP contribution in [0.3, 0.4) is 0 Å². The average molecular weight is 309 g/mol. The molecule has 4 nitrogen and oxygen atoms in total. The molecule has 0 heterocycles. The fourth-order valence-corrected chi connectivity index (χ4v) is 2.76. The van der Waals surface area contributed by atoms with E-state index in [1.165, 1.54) is 25.7 Å². The summed E-state index contributed by atoms with van der Waals surface area (Å²) in [5, 5.41) is 5.93. The molecular formula is C16H21ClN2O2. The van der Waals surface area contributed by atoms with Gasteiger partial charge in [0.05, 0.1) is 0 Å². The molecule has 0 aromatic heterocycles. The van der Waals surface area contributed by atoms with Gasteiger partial charge in [-0.1, -0.05) is 49.4 Å². The summed E-state index contributed by atoms with van der Waals surface area (Å²) in [6.07, 6.45) is 6.05. The summed E-state index contributed by atoms with van der Waals surface area (Å²) in [5.41, 5.74) is 0.909. The number of carbonyl (C=O) groups excluding carboxylic acids is 2. The van der Waals surface area contributed by atoms with Gasteiger partial charge in [0.25, 0.3) is 0 Å². The SMILES string of the molecule is O=C(NCCC1CCCC1)C(=O)NCc1ccc(Cl)cc1. The average Bonchev–Trinajstić information content (AvgIpc) is 2.99. The van der Waals surface area contributed by atoms with Crippen molar-refractivity contribution in [2.75, 3.05) is 6.54 Å². The van der Waals surface area contributed by atoms with Gasteiger partial charge in [-0.3, -0.25) is 9.59 Å². The molecule has 2 rings (SSSR count). The first-order chi connectivity index (χ1) is 10.1. The second-order valence-electron chi connectivity index (χ2n) is 5.50. The normalized spacial score (nSPS) is 14.9. The van der Waals surface area contributed by atoms with Crippen LogP contribution in [-0.4, -0.2) is 18.4 Å². The third-order valence-corrected chi connectivity index (χ3v) is 4.14. The lowest BCUT2D eigenvalue weighted by Gasteiger charge is -2.10. The maximum absolute atomic E-state index is 11.7. The van der Waals surface area contributed by atoms with Crippen molar-refractivity contribution in [3.05, 3.63) is 34.9 Å². The number of amides is 2. The van der Waals surface area contributed by atoms with Gasteiger partial charge in [-0.15, -0.1) is 0 Å². The summed E-state index contributed by atoms with van der Waals surface area (Å²) in [6.45, 7) is 0.907. The maximum atomic E-state index is 11.7. The van der Waals surface area contributed by atoms with Crippen LogP contribution in [0.1, 0.15) is 37.7 Å². The number of benzene rings is 1. The molecule has 1 aromatic carbocycles. The Hall–Kier alpha value is -1.55. The number of carbonyl (C=O) groups is 2. The second-order valence-corrected chi connectivity index (χ2v) is 5.94. The predicted octanol–water partition coefficient (Wildman–Crippen LogP) is 2.65. The number of halogens is 1. The fraction of sp³-hybridized carbons (Fsp3) is 0.500. The van der Waals surface area contributed by atoms with Crippen molar-refractivity contribution >= 4 is 23.4 Å². The lowest BCUT2D eigenvalue weighted by molar-refractivity contribution is -0.139. The van der Waals surface area contributed by atoms with Crippen LogP contribution in [0, 0.1) is 5.92 Å². The molecule has 1 aliphatic rings. The summed E-state index contributed by atoms with van der Waals surface area (Å²) in [7, 11) is 0. The molecule has 1 saturated carbocycles.